The number of nitrogens with one attached hydrogen (secondary N) is 3. The molecule has 0 bridgehead atoms. The Labute approximate surface area is 403 Å². The van der Waals surface area contributed by atoms with Crippen molar-refractivity contribution in [1.82, 2.24) is 15.0 Å². The first-order valence-electron chi connectivity index (χ1n) is 24.1. The van der Waals surface area contributed by atoms with Crippen LogP contribution in [-0.2, 0) is 22.8 Å². The third-order valence-corrected chi connectivity index (χ3v) is 28.5. The van der Waals surface area contributed by atoms with Gasteiger partial charge in [-0.1, -0.05) is 72.3 Å². The Morgan fingerprint density at radius 1 is 0.652 bits per heavy atom. The quantitative estimate of drug-likeness (QED) is 0.0236. The summed E-state index contributed by atoms with van der Waals surface area (Å²) in [5, 5.41) is 19.7. The molecule has 0 spiro atoms. The maximum Gasteiger partial charge on any atom is 0.338 e. The second kappa shape index (κ2) is 23.1. The molecule has 1 heterocycles. The number of unbranched alkanes of at least 4 members (excludes halogenated alkanes) is 2. The SMILES string of the molecule is CCCCOC(=O)c1ccc(Nc2nc(NCCC[Si](C)(OC(C)(C)[Si](C)(C)C)C(C)(C)C(C)(C)O[Si](C)(C)C(C)(C)O[Si](C)(C)C)nc(Nc3ccc(C(O)OCCCC)cc3)n2)cc1. The molecular weight excluding hydrogens is 897 g/mol. The molecule has 3 rings (SSSR count). The van der Waals surface area contributed by atoms with E-state index in [2.05, 4.69) is 144 Å². The van der Waals surface area contributed by atoms with Gasteiger partial charge >= 0.3 is 5.97 Å². The van der Waals surface area contributed by atoms with Crippen LogP contribution in [0.15, 0.2) is 48.5 Å². The molecule has 0 radical (unpaired) electrons. The second-order valence-corrected chi connectivity index (χ2v) is 41.4. The van der Waals surface area contributed by atoms with Crippen molar-refractivity contribution < 1.29 is 32.7 Å². The van der Waals surface area contributed by atoms with Crippen molar-refractivity contribution in [3.63, 3.8) is 0 Å². The summed E-state index contributed by atoms with van der Waals surface area (Å²) in [6, 6.07) is 15.3. The van der Waals surface area contributed by atoms with Crippen molar-refractivity contribution in [2.75, 3.05) is 35.7 Å². The smallest absolute Gasteiger partial charge is 0.338 e. The molecule has 3 aromatic rings. The average Bonchev–Trinajstić information content (AvgIpc) is 3.18. The molecule has 2 unspecified atom stereocenters. The Balaban J connectivity index is 1.94. The third-order valence-electron chi connectivity index (χ3n) is 13.7. The monoisotopic (exact) mass is 985 g/mol. The molecule has 0 aliphatic heterocycles. The molecule has 0 aliphatic carbocycles. The number of aromatic nitrogens is 3. The first kappa shape index (κ1) is 57.3. The summed E-state index contributed by atoms with van der Waals surface area (Å²) in [7, 11) is -8.71. The first-order chi connectivity index (χ1) is 30.3. The van der Waals surface area contributed by atoms with Gasteiger partial charge in [0.1, 0.15) is 0 Å². The average molecular weight is 986 g/mol. The van der Waals surface area contributed by atoms with Gasteiger partial charge in [0.15, 0.2) is 22.9 Å². The molecule has 66 heavy (non-hydrogen) atoms. The highest BCUT2D eigenvalue weighted by molar-refractivity contribution is 6.82. The van der Waals surface area contributed by atoms with Crippen LogP contribution in [0.5, 0.6) is 0 Å². The lowest BCUT2D eigenvalue weighted by atomic mass is 9.93. The summed E-state index contributed by atoms with van der Waals surface area (Å²) in [6.45, 7) is 44.8. The van der Waals surface area contributed by atoms with E-state index in [9.17, 15) is 9.90 Å². The first-order valence-corrected chi connectivity index (χ1v) is 36.5. The van der Waals surface area contributed by atoms with Crippen molar-refractivity contribution in [2.24, 2.45) is 0 Å². The van der Waals surface area contributed by atoms with Gasteiger partial charge in [-0.25, -0.2) is 4.79 Å². The van der Waals surface area contributed by atoms with Gasteiger partial charge in [-0.2, -0.15) is 15.0 Å². The van der Waals surface area contributed by atoms with Crippen LogP contribution in [0.4, 0.5) is 29.2 Å². The number of hydrogen-bond acceptors (Lipinski definition) is 13. The van der Waals surface area contributed by atoms with Gasteiger partial charge in [-0.05, 0) is 143 Å². The van der Waals surface area contributed by atoms with Crippen LogP contribution < -0.4 is 16.0 Å². The number of rotatable bonds is 28. The molecule has 2 atom stereocenters. The third kappa shape index (κ3) is 16.0. The van der Waals surface area contributed by atoms with E-state index in [0.717, 1.165) is 43.8 Å². The number of aliphatic hydroxyl groups excluding tert-OH is 1. The fourth-order valence-electron chi connectivity index (χ4n) is 7.32. The minimum atomic E-state index is -2.65. The number of benzene rings is 2. The van der Waals surface area contributed by atoms with Crippen molar-refractivity contribution in [1.29, 1.82) is 0 Å². The Morgan fingerprint density at radius 3 is 1.65 bits per heavy atom. The number of nitrogens with zero attached hydrogens (tertiary/aromatic N) is 3. The molecule has 2 aromatic carbocycles. The van der Waals surface area contributed by atoms with Gasteiger partial charge in [0.2, 0.25) is 26.2 Å². The topological polar surface area (TPSA) is 158 Å². The van der Waals surface area contributed by atoms with E-state index in [1.54, 1.807) is 24.3 Å². The predicted octanol–water partition coefficient (Wildman–Crippen LogP) is 13.1. The van der Waals surface area contributed by atoms with Gasteiger partial charge in [-0.3, -0.25) is 0 Å². The Kier molecular flexibility index (Phi) is 20.0. The zero-order valence-corrected chi connectivity index (χ0v) is 48.3. The molecule has 0 saturated heterocycles. The van der Waals surface area contributed by atoms with Crippen molar-refractivity contribution in [3.8, 4) is 0 Å². The van der Waals surface area contributed by atoms with Crippen molar-refractivity contribution >= 4 is 68.2 Å². The highest BCUT2D eigenvalue weighted by Gasteiger charge is 2.60. The Hall–Kier alpha value is -3.01. The van der Waals surface area contributed by atoms with Gasteiger partial charge in [0.05, 0.1) is 37.7 Å². The van der Waals surface area contributed by atoms with Gasteiger partial charge in [0.25, 0.3) is 0 Å². The predicted molar refractivity (Wildman–Crippen MR) is 284 cm³/mol. The van der Waals surface area contributed by atoms with Crippen LogP contribution in [0.1, 0.15) is 124 Å². The Bertz CT molecular complexity index is 1990. The molecule has 0 fully saturated rings. The summed E-state index contributed by atoms with van der Waals surface area (Å²) in [4.78, 5) is 26.9. The van der Waals surface area contributed by atoms with Crippen molar-refractivity contribution in [3.05, 3.63) is 59.7 Å². The number of ether oxygens (including phenoxy) is 2. The second-order valence-electron chi connectivity index (χ2n) is 22.4. The van der Waals surface area contributed by atoms with Crippen LogP contribution in [-0.4, -0.2) is 94.9 Å². The maximum absolute atomic E-state index is 12.6. The van der Waals surface area contributed by atoms with Gasteiger partial charge in [0, 0.05) is 33.7 Å². The fourth-order valence-corrected chi connectivity index (χ4v) is 18.8. The fraction of sp³-hybridized carbons (Fsp3) is 0.673. The summed E-state index contributed by atoms with van der Waals surface area (Å²) < 4.78 is 32.8. The highest BCUT2D eigenvalue weighted by atomic mass is 28.4. The van der Waals surface area contributed by atoms with E-state index in [-0.39, 0.29) is 21.5 Å². The van der Waals surface area contributed by atoms with Crippen molar-refractivity contribution in [2.45, 2.75) is 194 Å². The van der Waals surface area contributed by atoms with E-state index >= 15 is 0 Å². The minimum absolute atomic E-state index is 0.275. The van der Waals surface area contributed by atoms with Crippen LogP contribution >= 0.6 is 0 Å². The molecule has 0 amide bonds. The van der Waals surface area contributed by atoms with Gasteiger partial charge < -0.3 is 43.8 Å². The molecule has 372 valence electrons. The van der Waals surface area contributed by atoms with Gasteiger partial charge in [-0.15, -0.1) is 0 Å². The van der Waals surface area contributed by atoms with E-state index < -0.39 is 44.9 Å². The number of hydrogen-bond donors (Lipinski definition) is 4. The molecule has 4 N–H and O–H groups in total. The van der Waals surface area contributed by atoms with Crippen LogP contribution in [0.3, 0.4) is 0 Å². The minimum Gasteiger partial charge on any atom is -0.462 e. The largest absolute Gasteiger partial charge is 0.462 e. The number of carbonyl (C=O) groups is 1. The molecule has 13 nitrogen and oxygen atoms in total. The summed E-state index contributed by atoms with van der Waals surface area (Å²) in [6.07, 6.45) is 3.44. The highest BCUT2D eigenvalue weighted by Crippen LogP contribution is 2.54. The zero-order valence-electron chi connectivity index (χ0n) is 44.3. The number of anilines is 5. The van der Waals surface area contributed by atoms with E-state index in [0.29, 0.717) is 54.4 Å². The van der Waals surface area contributed by atoms with Crippen LogP contribution in [0.2, 0.25) is 70.0 Å². The normalized spacial score (nSPS) is 14.7. The number of aliphatic hydroxyl groups is 1. The summed E-state index contributed by atoms with van der Waals surface area (Å²) in [5.74, 6) is 0.686. The van der Waals surface area contributed by atoms with E-state index in [4.69, 9.17) is 37.7 Å². The summed E-state index contributed by atoms with van der Waals surface area (Å²) >= 11 is 0. The Morgan fingerprint density at radius 2 is 1.15 bits per heavy atom. The molecule has 0 saturated carbocycles. The standard InChI is InChI=1S/C49H88N6O7Si4/c1-20-22-34-58-41(56)37-25-29-39(30-26-37)51-44-53-43(54-45(55-44)52-40-31-27-38(28-32-40)42(57)59-35-23-21-2)50-33-24-36-66(19,62-48(7,8)63(11,12)13)47(5,6)46(3,4)60-65(17,18)49(9,10)61-64(14,15)16/h25-32,41,56H,20-24,33-36H2,1-19H3,(H3,50,51,52,53,54,55). The molecule has 17 heteroatoms. The zero-order chi connectivity index (χ0) is 50.0. The lowest BCUT2D eigenvalue weighted by Gasteiger charge is -2.58. The number of esters is 1. The lowest BCUT2D eigenvalue weighted by molar-refractivity contribution is -0.103. The molecule has 1 aromatic heterocycles. The van der Waals surface area contributed by atoms with E-state index in [1.807, 2.05) is 24.3 Å². The maximum atomic E-state index is 12.6. The molecule has 0 aliphatic rings. The lowest BCUT2D eigenvalue weighted by Crippen LogP contribution is -2.67. The van der Waals surface area contributed by atoms with Crippen LogP contribution in [0.25, 0.3) is 0 Å². The molecular formula is C49H88N6O7Si4. The number of carbonyl (C=O) groups excluding carboxylic acids is 1. The summed E-state index contributed by atoms with van der Waals surface area (Å²) in [5.41, 5.74) is 2.03. The van der Waals surface area contributed by atoms with Crippen LogP contribution in [0, 0.1) is 0 Å². The van der Waals surface area contributed by atoms with E-state index in [1.165, 1.54) is 0 Å².